The van der Waals surface area contributed by atoms with Crippen molar-refractivity contribution in [3.8, 4) is 5.75 Å². The molecule has 6 heteroatoms. The standard InChI is InChI=1S/C24H34N4O2/c1-7-25-24(26-15-19-9-12-20(13-10-19)23(29)28(5)6)27-16-21-11-8-18(4)14-22(21)30-17(2)3/h8-14,17H,7,15-16H2,1-6H3,(H2,25,26,27). The number of aryl methyl sites for hydroxylation is 1. The first-order valence-corrected chi connectivity index (χ1v) is 10.4. The van der Waals surface area contributed by atoms with E-state index in [-0.39, 0.29) is 12.0 Å². The van der Waals surface area contributed by atoms with Gasteiger partial charge in [0.15, 0.2) is 5.96 Å². The van der Waals surface area contributed by atoms with Gasteiger partial charge in [-0.05, 0) is 57.0 Å². The van der Waals surface area contributed by atoms with Gasteiger partial charge in [-0.2, -0.15) is 0 Å². The summed E-state index contributed by atoms with van der Waals surface area (Å²) in [5.74, 6) is 1.63. The van der Waals surface area contributed by atoms with Crippen molar-refractivity contribution in [3.05, 3.63) is 64.7 Å². The van der Waals surface area contributed by atoms with Gasteiger partial charge in [-0.3, -0.25) is 4.79 Å². The van der Waals surface area contributed by atoms with Gasteiger partial charge in [0.25, 0.3) is 5.91 Å². The van der Waals surface area contributed by atoms with E-state index >= 15 is 0 Å². The second-order valence-corrected chi connectivity index (χ2v) is 7.72. The van der Waals surface area contributed by atoms with Gasteiger partial charge in [0.1, 0.15) is 5.75 Å². The maximum atomic E-state index is 12.0. The molecule has 30 heavy (non-hydrogen) atoms. The molecule has 0 saturated carbocycles. The summed E-state index contributed by atoms with van der Waals surface area (Å²) in [6.45, 7) is 10.1. The second kappa shape index (κ2) is 11.2. The van der Waals surface area contributed by atoms with Gasteiger partial charge >= 0.3 is 0 Å². The third kappa shape index (κ3) is 7.10. The molecule has 0 bridgehead atoms. The number of amides is 1. The van der Waals surface area contributed by atoms with Gasteiger partial charge in [0.2, 0.25) is 0 Å². The fraction of sp³-hybridized carbons (Fsp3) is 0.417. The molecule has 0 aliphatic rings. The third-order valence-electron chi connectivity index (χ3n) is 4.40. The van der Waals surface area contributed by atoms with Crippen LogP contribution in [-0.4, -0.2) is 43.5 Å². The summed E-state index contributed by atoms with van der Waals surface area (Å²) in [5.41, 5.74) is 3.98. The lowest BCUT2D eigenvalue weighted by Crippen LogP contribution is -2.36. The molecule has 0 spiro atoms. The first-order valence-electron chi connectivity index (χ1n) is 10.4. The summed E-state index contributed by atoms with van der Waals surface area (Å²) in [4.78, 5) is 18.3. The minimum Gasteiger partial charge on any atom is -0.491 e. The van der Waals surface area contributed by atoms with Crippen LogP contribution in [0.5, 0.6) is 5.75 Å². The third-order valence-corrected chi connectivity index (χ3v) is 4.40. The minimum atomic E-state index is -0.00225. The average molecular weight is 411 g/mol. The maximum absolute atomic E-state index is 12.0. The van der Waals surface area contributed by atoms with E-state index in [4.69, 9.17) is 4.74 Å². The number of carbonyl (C=O) groups is 1. The van der Waals surface area contributed by atoms with Gasteiger partial charge < -0.3 is 20.3 Å². The van der Waals surface area contributed by atoms with E-state index in [2.05, 4.69) is 40.7 Å². The quantitative estimate of drug-likeness (QED) is 0.514. The normalized spacial score (nSPS) is 11.4. The Morgan fingerprint density at radius 3 is 2.40 bits per heavy atom. The highest BCUT2D eigenvalue weighted by atomic mass is 16.5. The summed E-state index contributed by atoms with van der Waals surface area (Å²) in [7, 11) is 3.50. The molecule has 2 rings (SSSR count). The van der Waals surface area contributed by atoms with Gasteiger partial charge in [0, 0.05) is 38.3 Å². The molecule has 0 atom stereocenters. The van der Waals surface area contributed by atoms with Crippen LogP contribution in [0.1, 0.15) is 47.8 Å². The first-order chi connectivity index (χ1) is 14.3. The molecule has 0 aromatic heterocycles. The van der Waals surface area contributed by atoms with Crippen LogP contribution in [-0.2, 0) is 13.1 Å². The van der Waals surface area contributed by atoms with Crippen molar-refractivity contribution in [1.29, 1.82) is 0 Å². The average Bonchev–Trinajstić information content (AvgIpc) is 2.70. The Labute approximate surface area is 180 Å². The Morgan fingerprint density at radius 2 is 1.80 bits per heavy atom. The number of ether oxygens (including phenoxy) is 1. The first kappa shape index (κ1) is 23.3. The molecule has 0 unspecified atom stereocenters. The molecule has 0 heterocycles. The summed E-state index contributed by atoms with van der Waals surface area (Å²) >= 11 is 0. The molecule has 2 aromatic carbocycles. The monoisotopic (exact) mass is 410 g/mol. The number of nitrogens with zero attached hydrogens (tertiary/aromatic N) is 2. The number of carbonyl (C=O) groups excluding carboxylic acids is 1. The zero-order chi connectivity index (χ0) is 22.1. The van der Waals surface area contributed by atoms with Gasteiger partial charge in [0.05, 0.1) is 12.6 Å². The number of hydrogen-bond acceptors (Lipinski definition) is 3. The predicted molar refractivity (Wildman–Crippen MR) is 123 cm³/mol. The van der Waals surface area contributed by atoms with Crippen molar-refractivity contribution in [2.75, 3.05) is 20.6 Å². The maximum Gasteiger partial charge on any atom is 0.253 e. The highest BCUT2D eigenvalue weighted by Gasteiger charge is 2.09. The van der Waals surface area contributed by atoms with E-state index in [1.54, 1.807) is 19.0 Å². The number of nitrogens with one attached hydrogen (secondary N) is 2. The zero-order valence-electron chi connectivity index (χ0n) is 19.0. The zero-order valence-corrected chi connectivity index (χ0v) is 19.0. The summed E-state index contributed by atoms with van der Waals surface area (Å²) in [6.07, 6.45) is 0.120. The SMILES string of the molecule is CCNC(=NCc1ccc(C(=O)N(C)C)cc1)NCc1ccc(C)cc1OC(C)C. The van der Waals surface area contributed by atoms with E-state index in [1.165, 1.54) is 5.56 Å². The fourth-order valence-corrected chi connectivity index (χ4v) is 2.87. The summed E-state index contributed by atoms with van der Waals surface area (Å²) in [5, 5.41) is 6.66. The van der Waals surface area contributed by atoms with Gasteiger partial charge in [-0.1, -0.05) is 24.3 Å². The van der Waals surface area contributed by atoms with Crippen molar-refractivity contribution in [3.63, 3.8) is 0 Å². The molecule has 0 aliphatic heterocycles. The van der Waals surface area contributed by atoms with Crippen molar-refractivity contribution in [2.24, 2.45) is 4.99 Å². The summed E-state index contributed by atoms with van der Waals surface area (Å²) < 4.78 is 5.96. The Morgan fingerprint density at radius 1 is 1.10 bits per heavy atom. The number of hydrogen-bond donors (Lipinski definition) is 2. The van der Waals surface area contributed by atoms with Crippen LogP contribution in [0.25, 0.3) is 0 Å². The topological polar surface area (TPSA) is 66.0 Å². The molecule has 1 amide bonds. The number of rotatable bonds is 8. The highest BCUT2D eigenvalue weighted by molar-refractivity contribution is 5.93. The number of benzene rings is 2. The van der Waals surface area contributed by atoms with E-state index in [0.29, 0.717) is 18.7 Å². The molecule has 0 fully saturated rings. The Balaban J connectivity index is 2.06. The van der Waals surface area contributed by atoms with Gasteiger partial charge in [-0.15, -0.1) is 0 Å². The minimum absolute atomic E-state index is 0.00225. The molecule has 162 valence electrons. The van der Waals surface area contributed by atoms with Crippen LogP contribution in [0.3, 0.4) is 0 Å². The molecule has 0 radical (unpaired) electrons. The lowest BCUT2D eigenvalue weighted by Gasteiger charge is -2.17. The van der Waals surface area contributed by atoms with Crippen LogP contribution in [0.15, 0.2) is 47.5 Å². The van der Waals surface area contributed by atoms with E-state index < -0.39 is 0 Å². The van der Waals surface area contributed by atoms with Crippen molar-refractivity contribution in [2.45, 2.75) is 46.9 Å². The molecular formula is C24H34N4O2. The lowest BCUT2D eigenvalue weighted by molar-refractivity contribution is 0.0827. The molecule has 2 aromatic rings. The second-order valence-electron chi connectivity index (χ2n) is 7.72. The number of aliphatic imine (C=N–C) groups is 1. The molecule has 6 nitrogen and oxygen atoms in total. The predicted octanol–water partition coefficient (Wildman–Crippen LogP) is 3.74. The molecule has 2 N–H and O–H groups in total. The van der Waals surface area contributed by atoms with Crippen molar-refractivity contribution >= 4 is 11.9 Å². The van der Waals surface area contributed by atoms with E-state index in [9.17, 15) is 4.79 Å². The lowest BCUT2D eigenvalue weighted by atomic mass is 10.1. The fourth-order valence-electron chi connectivity index (χ4n) is 2.87. The van der Waals surface area contributed by atoms with Crippen LogP contribution in [0.2, 0.25) is 0 Å². The Kier molecular flexibility index (Phi) is 8.71. The van der Waals surface area contributed by atoms with Crippen molar-refractivity contribution < 1.29 is 9.53 Å². The Hall–Kier alpha value is -3.02. The molecule has 0 saturated heterocycles. The highest BCUT2D eigenvalue weighted by Crippen LogP contribution is 2.21. The van der Waals surface area contributed by atoms with Crippen LogP contribution in [0, 0.1) is 6.92 Å². The summed E-state index contributed by atoms with van der Waals surface area (Å²) in [6, 6.07) is 13.8. The molecular weight excluding hydrogens is 376 g/mol. The smallest absolute Gasteiger partial charge is 0.253 e. The van der Waals surface area contributed by atoms with E-state index in [1.807, 2.05) is 45.0 Å². The van der Waals surface area contributed by atoms with Crippen LogP contribution < -0.4 is 15.4 Å². The van der Waals surface area contributed by atoms with Crippen LogP contribution >= 0.6 is 0 Å². The van der Waals surface area contributed by atoms with Crippen molar-refractivity contribution in [1.82, 2.24) is 15.5 Å². The van der Waals surface area contributed by atoms with Gasteiger partial charge in [-0.25, -0.2) is 4.99 Å². The molecule has 0 aliphatic carbocycles. The van der Waals surface area contributed by atoms with Crippen LogP contribution in [0.4, 0.5) is 0 Å². The number of guanidine groups is 1. The Bertz CT molecular complexity index is 858. The van der Waals surface area contributed by atoms with E-state index in [0.717, 1.165) is 29.4 Å². The largest absolute Gasteiger partial charge is 0.491 e.